The van der Waals surface area contributed by atoms with Crippen molar-refractivity contribution in [3.05, 3.63) is 64.6 Å². The maximum atomic E-state index is 13.2. The number of nitrogens with zero attached hydrogens (tertiary/aromatic N) is 1. The molecule has 0 spiro atoms. The molecule has 0 radical (unpaired) electrons. The van der Waals surface area contributed by atoms with E-state index in [-0.39, 0.29) is 18.4 Å². The van der Waals surface area contributed by atoms with E-state index in [0.717, 1.165) is 5.56 Å². The number of carbonyl (C=O) groups excluding carboxylic acids is 2. The normalized spacial score (nSPS) is 14.0. The Morgan fingerprint density at radius 1 is 0.966 bits per heavy atom. The quantitative estimate of drug-likeness (QED) is 0.637. The minimum Gasteiger partial charge on any atom is -0.493 e. The zero-order valence-electron chi connectivity index (χ0n) is 16.4. The molecule has 0 aliphatic carbocycles. The van der Waals surface area contributed by atoms with Crippen LogP contribution in [0.3, 0.4) is 0 Å². The van der Waals surface area contributed by atoms with Gasteiger partial charge in [0.05, 0.1) is 31.3 Å². The molecule has 152 valence electrons. The van der Waals surface area contributed by atoms with E-state index >= 15 is 0 Å². The zero-order valence-corrected chi connectivity index (χ0v) is 17.2. The fraction of sp³-hybridized carbons (Fsp3) is 0.273. The Bertz CT molecular complexity index is 926. The molecule has 1 N–H and O–H groups in total. The van der Waals surface area contributed by atoms with E-state index in [1.54, 1.807) is 18.2 Å². The van der Waals surface area contributed by atoms with Crippen LogP contribution in [0.2, 0.25) is 0 Å². The maximum absolute atomic E-state index is 13.2. The van der Waals surface area contributed by atoms with Gasteiger partial charge in [-0.25, -0.2) is 0 Å². The number of ether oxygens (including phenoxy) is 2. The Morgan fingerprint density at radius 3 is 2.34 bits per heavy atom. The molecule has 0 saturated carbocycles. The van der Waals surface area contributed by atoms with Crippen LogP contribution in [0.25, 0.3) is 5.57 Å². The van der Waals surface area contributed by atoms with Crippen molar-refractivity contribution < 1.29 is 24.2 Å². The molecule has 1 aliphatic rings. The van der Waals surface area contributed by atoms with Gasteiger partial charge in [0.1, 0.15) is 0 Å². The van der Waals surface area contributed by atoms with Gasteiger partial charge in [-0.15, -0.1) is 11.8 Å². The van der Waals surface area contributed by atoms with Crippen LogP contribution in [-0.2, 0) is 16.0 Å². The van der Waals surface area contributed by atoms with Crippen LogP contribution >= 0.6 is 11.8 Å². The third-order valence-corrected chi connectivity index (χ3v) is 5.66. The first kappa shape index (κ1) is 21.0. The molecule has 0 saturated heterocycles. The third-order valence-electron chi connectivity index (χ3n) is 4.60. The molecule has 2 aromatic carbocycles. The van der Waals surface area contributed by atoms with Crippen molar-refractivity contribution in [3.63, 3.8) is 0 Å². The molecule has 3 rings (SSSR count). The second-order valence-corrected chi connectivity index (χ2v) is 7.45. The van der Waals surface area contributed by atoms with E-state index in [1.807, 2.05) is 30.3 Å². The lowest BCUT2D eigenvalue weighted by Gasteiger charge is -2.15. The van der Waals surface area contributed by atoms with Crippen LogP contribution in [-0.4, -0.2) is 54.9 Å². The molecule has 6 nitrogen and oxygen atoms in total. The summed E-state index contributed by atoms with van der Waals surface area (Å²) in [6.45, 7) is 0.209. The summed E-state index contributed by atoms with van der Waals surface area (Å²) in [5.74, 6) is 0.691. The molecule has 29 heavy (non-hydrogen) atoms. The zero-order chi connectivity index (χ0) is 20.8. The smallest absolute Gasteiger partial charge is 0.267 e. The van der Waals surface area contributed by atoms with Gasteiger partial charge in [-0.2, -0.15) is 0 Å². The molecule has 0 atom stereocenters. The molecule has 2 amide bonds. The number of imide groups is 1. The topological polar surface area (TPSA) is 76.1 Å². The summed E-state index contributed by atoms with van der Waals surface area (Å²) in [5, 5.41) is 9.21. The molecule has 1 aliphatic heterocycles. The second kappa shape index (κ2) is 9.62. The molecule has 1 heterocycles. The van der Waals surface area contributed by atoms with E-state index < -0.39 is 0 Å². The fourth-order valence-electron chi connectivity index (χ4n) is 3.17. The molecule has 0 unspecified atom stereocenters. The number of amides is 2. The summed E-state index contributed by atoms with van der Waals surface area (Å²) < 4.78 is 10.6. The number of hydrogen-bond acceptors (Lipinski definition) is 6. The Morgan fingerprint density at radius 2 is 1.69 bits per heavy atom. The number of methoxy groups -OCH3 is 2. The molecule has 0 bridgehead atoms. The van der Waals surface area contributed by atoms with Gasteiger partial charge in [0.15, 0.2) is 11.5 Å². The van der Waals surface area contributed by atoms with Gasteiger partial charge < -0.3 is 14.6 Å². The monoisotopic (exact) mass is 413 g/mol. The van der Waals surface area contributed by atoms with Crippen molar-refractivity contribution >= 4 is 29.1 Å². The van der Waals surface area contributed by atoms with Crippen LogP contribution in [0.5, 0.6) is 11.5 Å². The predicted octanol–water partition coefficient (Wildman–Crippen LogP) is 2.75. The lowest BCUT2D eigenvalue weighted by Crippen LogP contribution is -2.33. The van der Waals surface area contributed by atoms with Crippen LogP contribution in [0.1, 0.15) is 11.1 Å². The number of hydrogen-bond donors (Lipinski definition) is 1. The summed E-state index contributed by atoms with van der Waals surface area (Å²) in [6, 6.07) is 14.9. The highest BCUT2D eigenvalue weighted by Crippen LogP contribution is 2.39. The number of aliphatic hydroxyl groups is 1. The second-order valence-electron chi connectivity index (χ2n) is 6.34. The standard InChI is InChI=1S/C22H23NO5S/c1-27-17-9-8-16(14-18(17)28-2)19-20(29-13-12-24)22(26)23(21(19)25)11-10-15-6-4-3-5-7-15/h3-9,14,24H,10-13H2,1-2H3. The summed E-state index contributed by atoms with van der Waals surface area (Å²) in [6.07, 6.45) is 0.579. The van der Waals surface area contributed by atoms with Crippen LogP contribution in [0, 0.1) is 0 Å². The fourth-order valence-corrected chi connectivity index (χ4v) is 4.05. The van der Waals surface area contributed by atoms with Gasteiger partial charge in [0.25, 0.3) is 11.8 Å². The van der Waals surface area contributed by atoms with Gasteiger partial charge in [0, 0.05) is 12.3 Å². The van der Waals surface area contributed by atoms with E-state index in [2.05, 4.69) is 0 Å². The number of thioether (sulfide) groups is 1. The largest absolute Gasteiger partial charge is 0.493 e. The molecular weight excluding hydrogens is 390 g/mol. The van der Waals surface area contributed by atoms with Gasteiger partial charge in [0.2, 0.25) is 0 Å². The number of carbonyl (C=O) groups is 2. The van der Waals surface area contributed by atoms with Crippen molar-refractivity contribution in [2.24, 2.45) is 0 Å². The Labute approximate surface area is 174 Å². The first-order valence-corrected chi connectivity index (χ1v) is 10.2. The highest BCUT2D eigenvalue weighted by molar-refractivity contribution is 8.04. The summed E-state index contributed by atoms with van der Waals surface area (Å²) in [7, 11) is 3.06. The average Bonchev–Trinajstić information content (AvgIpc) is 2.99. The van der Waals surface area contributed by atoms with Crippen LogP contribution < -0.4 is 9.47 Å². The van der Waals surface area contributed by atoms with Crippen LogP contribution in [0.15, 0.2) is 53.4 Å². The third kappa shape index (κ3) is 4.46. The van der Waals surface area contributed by atoms with Gasteiger partial charge in [-0.1, -0.05) is 36.4 Å². The Kier molecular flexibility index (Phi) is 6.95. The molecule has 2 aromatic rings. The minimum absolute atomic E-state index is 0.0845. The minimum atomic E-state index is -0.335. The SMILES string of the molecule is COc1ccc(C2=C(SCCO)C(=O)N(CCc3ccccc3)C2=O)cc1OC. The van der Waals surface area contributed by atoms with Crippen molar-refractivity contribution in [2.45, 2.75) is 6.42 Å². The van der Waals surface area contributed by atoms with Crippen molar-refractivity contribution in [1.29, 1.82) is 0 Å². The van der Waals surface area contributed by atoms with E-state index in [0.29, 0.717) is 46.3 Å². The van der Waals surface area contributed by atoms with E-state index in [1.165, 1.54) is 30.9 Å². The van der Waals surface area contributed by atoms with Crippen molar-refractivity contribution in [3.8, 4) is 11.5 Å². The average molecular weight is 413 g/mol. The Balaban J connectivity index is 1.92. The van der Waals surface area contributed by atoms with Gasteiger partial charge >= 0.3 is 0 Å². The van der Waals surface area contributed by atoms with E-state index in [9.17, 15) is 14.7 Å². The maximum Gasteiger partial charge on any atom is 0.267 e. The molecule has 0 fully saturated rings. The van der Waals surface area contributed by atoms with Gasteiger partial charge in [-0.3, -0.25) is 14.5 Å². The summed E-state index contributed by atoms with van der Waals surface area (Å²) in [5.41, 5.74) is 1.98. The van der Waals surface area contributed by atoms with Gasteiger partial charge in [-0.05, 0) is 29.7 Å². The number of benzene rings is 2. The first-order chi connectivity index (χ1) is 14.1. The molecule has 7 heteroatoms. The highest BCUT2D eigenvalue weighted by Gasteiger charge is 2.39. The summed E-state index contributed by atoms with van der Waals surface area (Å²) >= 11 is 1.19. The highest BCUT2D eigenvalue weighted by atomic mass is 32.2. The number of aliphatic hydroxyl groups excluding tert-OH is 1. The van der Waals surface area contributed by atoms with Crippen molar-refractivity contribution in [1.82, 2.24) is 4.90 Å². The lowest BCUT2D eigenvalue weighted by atomic mass is 10.1. The lowest BCUT2D eigenvalue weighted by molar-refractivity contribution is -0.136. The molecule has 0 aromatic heterocycles. The van der Waals surface area contributed by atoms with Crippen molar-refractivity contribution in [2.75, 3.05) is 33.1 Å². The van der Waals surface area contributed by atoms with Crippen LogP contribution in [0.4, 0.5) is 0 Å². The van der Waals surface area contributed by atoms with E-state index in [4.69, 9.17) is 9.47 Å². The Hall–Kier alpha value is -2.77. The first-order valence-electron chi connectivity index (χ1n) is 9.21. The molecular formula is C22H23NO5S. The summed E-state index contributed by atoms with van der Waals surface area (Å²) in [4.78, 5) is 27.8. The predicted molar refractivity (Wildman–Crippen MR) is 113 cm³/mol. The number of rotatable bonds is 9.